The van der Waals surface area contributed by atoms with Gasteiger partial charge in [-0.15, -0.1) is 11.3 Å². The lowest BCUT2D eigenvalue weighted by atomic mass is 10.1. The third-order valence-electron chi connectivity index (χ3n) is 3.06. The first-order chi connectivity index (χ1) is 9.76. The van der Waals surface area contributed by atoms with Gasteiger partial charge in [0, 0.05) is 11.3 Å². The molecular formula is C14H13ClN4S. The van der Waals surface area contributed by atoms with Crippen LogP contribution in [-0.2, 0) is 6.42 Å². The van der Waals surface area contributed by atoms with Crippen molar-refractivity contribution >= 4 is 34.0 Å². The summed E-state index contributed by atoms with van der Waals surface area (Å²) in [5, 5.41) is 0. The molecule has 0 saturated carbocycles. The van der Waals surface area contributed by atoms with E-state index in [2.05, 4.69) is 15.4 Å². The molecule has 0 bridgehead atoms. The van der Waals surface area contributed by atoms with Gasteiger partial charge in [0.15, 0.2) is 0 Å². The molecule has 0 radical (unpaired) electrons. The van der Waals surface area contributed by atoms with Gasteiger partial charge in [0.25, 0.3) is 0 Å². The standard InChI is InChI=1S/C14H13ClN4S/c15-14-6-5-9(20-14)7-12(19-16)13-8-17-10-3-1-2-4-11(10)18-13/h1-6,8,12,19H,7,16H2. The first-order valence-electron chi connectivity index (χ1n) is 6.18. The molecule has 0 fully saturated rings. The molecule has 20 heavy (non-hydrogen) atoms. The third kappa shape index (κ3) is 2.81. The van der Waals surface area contributed by atoms with Gasteiger partial charge in [-0.25, -0.2) is 4.98 Å². The predicted octanol–water partition coefficient (Wildman–Crippen LogP) is 3.09. The maximum Gasteiger partial charge on any atom is 0.0931 e. The van der Waals surface area contributed by atoms with Gasteiger partial charge in [-0.05, 0) is 24.3 Å². The molecule has 3 N–H and O–H groups in total. The van der Waals surface area contributed by atoms with Crippen molar-refractivity contribution in [1.29, 1.82) is 0 Å². The summed E-state index contributed by atoms with van der Waals surface area (Å²) in [6.07, 6.45) is 2.50. The second-order valence-electron chi connectivity index (χ2n) is 4.41. The molecule has 0 aliphatic heterocycles. The quantitative estimate of drug-likeness (QED) is 0.574. The first-order valence-corrected chi connectivity index (χ1v) is 7.38. The molecule has 1 atom stereocenters. The summed E-state index contributed by atoms with van der Waals surface area (Å²) in [5.74, 6) is 5.66. The minimum atomic E-state index is -0.0816. The van der Waals surface area contributed by atoms with Crippen LogP contribution in [0.5, 0.6) is 0 Å². The molecule has 1 unspecified atom stereocenters. The normalized spacial score (nSPS) is 12.7. The molecule has 3 aromatic rings. The summed E-state index contributed by atoms with van der Waals surface area (Å²) in [5.41, 5.74) is 5.38. The van der Waals surface area contributed by atoms with Crippen LogP contribution in [0.1, 0.15) is 16.6 Å². The Kier molecular flexibility index (Phi) is 3.93. The molecule has 2 heterocycles. The number of nitrogens with one attached hydrogen (secondary N) is 1. The molecule has 0 saturated heterocycles. The van der Waals surface area contributed by atoms with Crippen molar-refractivity contribution in [2.45, 2.75) is 12.5 Å². The molecule has 2 aromatic heterocycles. The zero-order valence-electron chi connectivity index (χ0n) is 10.6. The predicted molar refractivity (Wildman–Crippen MR) is 82.6 cm³/mol. The topological polar surface area (TPSA) is 63.8 Å². The number of aromatic nitrogens is 2. The number of halogens is 1. The number of para-hydroxylation sites is 2. The van der Waals surface area contributed by atoms with Crippen molar-refractivity contribution in [3.63, 3.8) is 0 Å². The fourth-order valence-electron chi connectivity index (χ4n) is 2.05. The molecule has 0 spiro atoms. The Morgan fingerprint density at radius 2 is 2.00 bits per heavy atom. The smallest absolute Gasteiger partial charge is 0.0931 e. The zero-order valence-corrected chi connectivity index (χ0v) is 12.2. The molecule has 0 aliphatic carbocycles. The van der Waals surface area contributed by atoms with Gasteiger partial charge in [-0.1, -0.05) is 23.7 Å². The number of hydrazine groups is 1. The van der Waals surface area contributed by atoms with Gasteiger partial charge >= 0.3 is 0 Å². The summed E-state index contributed by atoms with van der Waals surface area (Å²) in [4.78, 5) is 10.2. The van der Waals surface area contributed by atoms with E-state index in [1.807, 2.05) is 36.4 Å². The number of nitrogens with zero attached hydrogens (tertiary/aromatic N) is 2. The maximum absolute atomic E-state index is 5.95. The third-order valence-corrected chi connectivity index (χ3v) is 4.31. The molecule has 102 valence electrons. The maximum atomic E-state index is 5.95. The van der Waals surface area contributed by atoms with Crippen LogP contribution in [0.2, 0.25) is 4.34 Å². The van der Waals surface area contributed by atoms with Gasteiger partial charge in [0.2, 0.25) is 0 Å². The average Bonchev–Trinajstić information content (AvgIpc) is 2.89. The average molecular weight is 305 g/mol. The Balaban J connectivity index is 1.90. The minimum absolute atomic E-state index is 0.0816. The molecule has 0 amide bonds. The Morgan fingerprint density at radius 1 is 1.20 bits per heavy atom. The summed E-state index contributed by atoms with van der Waals surface area (Å²) in [6, 6.07) is 11.6. The fourth-order valence-corrected chi connectivity index (χ4v) is 3.18. The van der Waals surface area contributed by atoms with Crippen molar-refractivity contribution in [1.82, 2.24) is 15.4 Å². The molecule has 1 aromatic carbocycles. The van der Waals surface area contributed by atoms with Gasteiger partial charge in [-0.3, -0.25) is 16.3 Å². The van der Waals surface area contributed by atoms with Gasteiger partial charge in [0.1, 0.15) is 0 Å². The first kappa shape index (κ1) is 13.5. The highest BCUT2D eigenvalue weighted by Crippen LogP contribution is 2.26. The van der Waals surface area contributed by atoms with Gasteiger partial charge in [0.05, 0.1) is 33.3 Å². The highest BCUT2D eigenvalue weighted by atomic mass is 35.5. The lowest BCUT2D eigenvalue weighted by molar-refractivity contribution is 0.542. The van der Waals surface area contributed by atoms with Crippen LogP contribution in [0, 0.1) is 0 Å². The molecule has 6 heteroatoms. The number of thiophene rings is 1. The van der Waals surface area contributed by atoms with E-state index in [0.29, 0.717) is 0 Å². The van der Waals surface area contributed by atoms with Crippen LogP contribution in [0.4, 0.5) is 0 Å². The highest BCUT2D eigenvalue weighted by Gasteiger charge is 2.14. The Hall–Kier alpha value is -1.53. The van der Waals surface area contributed by atoms with Crippen LogP contribution in [0.25, 0.3) is 11.0 Å². The van der Waals surface area contributed by atoms with Crippen LogP contribution in [0.15, 0.2) is 42.6 Å². The van der Waals surface area contributed by atoms with Crippen molar-refractivity contribution in [2.75, 3.05) is 0 Å². The number of fused-ring (bicyclic) bond motifs is 1. The number of hydrogen-bond donors (Lipinski definition) is 2. The van der Waals surface area contributed by atoms with Crippen molar-refractivity contribution in [2.24, 2.45) is 5.84 Å². The van der Waals surface area contributed by atoms with Gasteiger partial charge in [-0.2, -0.15) is 0 Å². The van der Waals surface area contributed by atoms with Crippen molar-refractivity contribution < 1.29 is 0 Å². The number of hydrogen-bond acceptors (Lipinski definition) is 5. The highest BCUT2D eigenvalue weighted by molar-refractivity contribution is 7.16. The second-order valence-corrected chi connectivity index (χ2v) is 6.21. The Morgan fingerprint density at radius 3 is 2.70 bits per heavy atom. The lowest BCUT2D eigenvalue weighted by Crippen LogP contribution is -2.30. The van der Waals surface area contributed by atoms with E-state index in [9.17, 15) is 0 Å². The van der Waals surface area contributed by atoms with Crippen LogP contribution in [-0.4, -0.2) is 9.97 Å². The summed E-state index contributed by atoms with van der Waals surface area (Å²) >= 11 is 7.50. The number of nitrogens with two attached hydrogens (primary N) is 1. The van der Waals surface area contributed by atoms with Crippen molar-refractivity contribution in [3.05, 3.63) is 57.5 Å². The zero-order chi connectivity index (χ0) is 13.9. The monoisotopic (exact) mass is 304 g/mol. The summed E-state index contributed by atoms with van der Waals surface area (Å²) in [7, 11) is 0. The van der Waals surface area contributed by atoms with Crippen LogP contribution >= 0.6 is 22.9 Å². The van der Waals surface area contributed by atoms with E-state index in [4.69, 9.17) is 17.4 Å². The molecular weight excluding hydrogens is 292 g/mol. The SMILES string of the molecule is NNC(Cc1ccc(Cl)s1)c1cnc2ccccc2n1. The minimum Gasteiger partial charge on any atom is -0.271 e. The van der Waals surface area contributed by atoms with Crippen LogP contribution in [0.3, 0.4) is 0 Å². The molecule has 0 aliphatic rings. The lowest BCUT2D eigenvalue weighted by Gasteiger charge is -2.14. The summed E-state index contributed by atoms with van der Waals surface area (Å²) < 4.78 is 0.778. The Bertz CT molecular complexity index is 728. The van der Waals surface area contributed by atoms with E-state index >= 15 is 0 Å². The van der Waals surface area contributed by atoms with Gasteiger partial charge < -0.3 is 0 Å². The second kappa shape index (κ2) is 5.85. The summed E-state index contributed by atoms with van der Waals surface area (Å²) in [6.45, 7) is 0. The van der Waals surface area contributed by atoms with E-state index in [0.717, 1.165) is 32.4 Å². The van der Waals surface area contributed by atoms with E-state index in [1.54, 1.807) is 17.5 Å². The number of rotatable bonds is 4. The number of benzene rings is 1. The Labute approximate surface area is 125 Å². The van der Waals surface area contributed by atoms with E-state index < -0.39 is 0 Å². The van der Waals surface area contributed by atoms with Crippen molar-refractivity contribution in [3.8, 4) is 0 Å². The largest absolute Gasteiger partial charge is 0.271 e. The van der Waals surface area contributed by atoms with E-state index in [1.165, 1.54) is 0 Å². The van der Waals surface area contributed by atoms with Crippen LogP contribution < -0.4 is 11.3 Å². The van der Waals surface area contributed by atoms with E-state index in [-0.39, 0.29) is 6.04 Å². The molecule has 3 rings (SSSR count). The fraction of sp³-hybridized carbons (Fsp3) is 0.143. The molecule has 4 nitrogen and oxygen atoms in total.